The summed E-state index contributed by atoms with van der Waals surface area (Å²) >= 11 is 0. The average Bonchev–Trinajstić information content (AvgIpc) is 3.32. The molecule has 3 aromatic heterocycles. The number of amides is 1. The summed E-state index contributed by atoms with van der Waals surface area (Å²) in [6.07, 6.45) is 4.40. The van der Waals surface area contributed by atoms with Gasteiger partial charge in [-0.15, -0.1) is 0 Å². The van der Waals surface area contributed by atoms with Crippen LogP contribution in [0.1, 0.15) is 31.4 Å². The zero-order valence-electron chi connectivity index (χ0n) is 15.3. The van der Waals surface area contributed by atoms with E-state index >= 15 is 0 Å². The molecule has 2 bridgehead atoms. The van der Waals surface area contributed by atoms with E-state index in [9.17, 15) is 9.18 Å². The fourth-order valence-corrected chi connectivity index (χ4v) is 3.88. The van der Waals surface area contributed by atoms with E-state index in [4.69, 9.17) is 9.72 Å². The molecule has 0 saturated carbocycles. The summed E-state index contributed by atoms with van der Waals surface area (Å²) in [5.41, 5.74) is 1.83. The Hall–Kier alpha value is -3.23. The molecule has 3 aromatic rings. The zero-order valence-corrected chi connectivity index (χ0v) is 15.3. The Morgan fingerprint density at radius 2 is 2.21 bits per heavy atom. The number of pyridine rings is 2. The minimum atomic E-state index is -0.402. The van der Waals surface area contributed by atoms with E-state index in [0.29, 0.717) is 28.4 Å². The normalized spacial score (nSPS) is 21.9. The highest BCUT2D eigenvalue weighted by Crippen LogP contribution is 2.39. The van der Waals surface area contributed by atoms with Crippen LogP contribution in [0.4, 0.5) is 15.0 Å². The number of anilines is 1. The average molecular weight is 382 g/mol. The third kappa shape index (κ3) is 2.74. The van der Waals surface area contributed by atoms with Gasteiger partial charge in [-0.3, -0.25) is 0 Å². The molecule has 0 radical (unpaired) electrons. The van der Waals surface area contributed by atoms with Crippen LogP contribution >= 0.6 is 0 Å². The molecule has 0 aliphatic carbocycles. The van der Waals surface area contributed by atoms with E-state index in [0.717, 1.165) is 25.6 Å². The molecule has 2 aliphatic heterocycles. The number of nitrogens with zero attached hydrogens (tertiary/aromatic N) is 5. The Bertz CT molecular complexity index is 1070. The van der Waals surface area contributed by atoms with Gasteiger partial charge in [-0.2, -0.15) is 0 Å². The molecule has 2 aliphatic rings. The molecular formula is C19H19FN6O2. The molecule has 8 nitrogen and oxygen atoms in total. The lowest BCUT2D eigenvalue weighted by molar-refractivity contribution is 0.225. The third-order valence-electron chi connectivity index (χ3n) is 5.19. The van der Waals surface area contributed by atoms with E-state index < -0.39 is 5.82 Å². The van der Waals surface area contributed by atoms with Crippen LogP contribution in [-0.2, 0) is 0 Å². The maximum atomic E-state index is 14.0. The summed E-state index contributed by atoms with van der Waals surface area (Å²) in [6.45, 7) is 2.82. The number of fused-ring (bicyclic) bond motifs is 5. The standard InChI is InChI=1S/C19H19FN6O2/c1-11-9-28-18-13(7-12(20)8-21-18)15-3-2-6-25(15)16-5-4-14-17(24-16)26(10-22-14)19(27)23-11/h4-5,7-8,10-11,15H,2-3,6,9H2,1H3,(H,23,27)/t11-,15+/m0/s1. The van der Waals surface area contributed by atoms with Crippen molar-refractivity contribution in [2.24, 2.45) is 0 Å². The molecule has 144 valence electrons. The lowest BCUT2D eigenvalue weighted by atomic mass is 10.1. The van der Waals surface area contributed by atoms with Gasteiger partial charge in [0.1, 0.15) is 30.1 Å². The van der Waals surface area contributed by atoms with Crippen molar-refractivity contribution in [2.75, 3.05) is 18.1 Å². The first-order valence-corrected chi connectivity index (χ1v) is 9.30. The number of carbonyl (C=O) groups excluding carboxylic acids is 1. The predicted molar refractivity (Wildman–Crippen MR) is 99.9 cm³/mol. The Morgan fingerprint density at radius 3 is 3.11 bits per heavy atom. The summed E-state index contributed by atoms with van der Waals surface area (Å²) in [5, 5.41) is 2.87. The molecule has 1 amide bonds. The molecule has 0 unspecified atom stereocenters. The molecule has 2 atom stereocenters. The second-order valence-electron chi connectivity index (χ2n) is 7.19. The van der Waals surface area contributed by atoms with Gasteiger partial charge in [-0.1, -0.05) is 0 Å². The van der Waals surface area contributed by atoms with Gasteiger partial charge >= 0.3 is 6.03 Å². The number of rotatable bonds is 0. The minimum Gasteiger partial charge on any atom is -0.475 e. The summed E-state index contributed by atoms with van der Waals surface area (Å²) in [7, 11) is 0. The van der Waals surface area contributed by atoms with Crippen LogP contribution in [0.15, 0.2) is 30.7 Å². The third-order valence-corrected chi connectivity index (χ3v) is 5.19. The van der Waals surface area contributed by atoms with Gasteiger partial charge in [0, 0.05) is 12.1 Å². The van der Waals surface area contributed by atoms with Crippen LogP contribution in [0.2, 0.25) is 0 Å². The van der Waals surface area contributed by atoms with Crippen molar-refractivity contribution in [3.05, 3.63) is 42.1 Å². The van der Waals surface area contributed by atoms with Crippen molar-refractivity contribution in [1.29, 1.82) is 0 Å². The van der Waals surface area contributed by atoms with E-state index in [2.05, 4.69) is 20.2 Å². The van der Waals surface area contributed by atoms with Gasteiger partial charge in [0.15, 0.2) is 5.65 Å². The molecule has 0 aromatic carbocycles. The monoisotopic (exact) mass is 382 g/mol. The van der Waals surface area contributed by atoms with Crippen molar-refractivity contribution >= 4 is 23.0 Å². The lowest BCUT2D eigenvalue weighted by Gasteiger charge is -2.27. The summed E-state index contributed by atoms with van der Waals surface area (Å²) < 4.78 is 21.3. The Labute approximate surface area is 160 Å². The first kappa shape index (κ1) is 16.9. The van der Waals surface area contributed by atoms with Crippen LogP contribution in [0, 0.1) is 5.82 Å². The van der Waals surface area contributed by atoms with Gasteiger partial charge < -0.3 is 15.0 Å². The second-order valence-corrected chi connectivity index (χ2v) is 7.19. The van der Waals surface area contributed by atoms with Crippen molar-refractivity contribution in [1.82, 2.24) is 24.8 Å². The highest BCUT2D eigenvalue weighted by molar-refractivity contribution is 5.87. The maximum Gasteiger partial charge on any atom is 0.328 e. The van der Waals surface area contributed by atoms with Crippen LogP contribution < -0.4 is 15.0 Å². The Balaban J connectivity index is 1.69. The van der Waals surface area contributed by atoms with Crippen molar-refractivity contribution in [3.63, 3.8) is 0 Å². The molecule has 5 heterocycles. The van der Waals surface area contributed by atoms with Gasteiger partial charge in [-0.05, 0) is 38.0 Å². The summed E-state index contributed by atoms with van der Waals surface area (Å²) in [5.74, 6) is 0.703. The molecule has 0 spiro atoms. The summed E-state index contributed by atoms with van der Waals surface area (Å²) in [4.78, 5) is 27.9. The van der Waals surface area contributed by atoms with E-state index in [1.165, 1.54) is 17.0 Å². The number of halogens is 1. The van der Waals surface area contributed by atoms with Gasteiger partial charge in [-0.25, -0.2) is 28.7 Å². The fraction of sp³-hybridized carbons (Fsp3) is 0.368. The number of ether oxygens (including phenoxy) is 1. The van der Waals surface area contributed by atoms with Crippen molar-refractivity contribution < 1.29 is 13.9 Å². The number of nitrogens with one attached hydrogen (secondary N) is 1. The molecule has 1 N–H and O–H groups in total. The molecule has 5 rings (SSSR count). The second kappa shape index (κ2) is 6.43. The van der Waals surface area contributed by atoms with E-state index in [1.807, 2.05) is 19.1 Å². The van der Waals surface area contributed by atoms with E-state index in [1.54, 1.807) is 0 Å². The Kier molecular flexibility index (Phi) is 3.88. The maximum absolute atomic E-state index is 14.0. The van der Waals surface area contributed by atoms with Crippen LogP contribution in [0.3, 0.4) is 0 Å². The molecule has 1 saturated heterocycles. The predicted octanol–water partition coefficient (Wildman–Crippen LogP) is 2.65. The molecule has 9 heteroatoms. The quantitative estimate of drug-likeness (QED) is 0.643. The van der Waals surface area contributed by atoms with Crippen molar-refractivity contribution in [2.45, 2.75) is 31.8 Å². The summed E-state index contributed by atoms with van der Waals surface area (Å²) in [6, 6.07) is 4.50. The molecule has 28 heavy (non-hydrogen) atoms. The van der Waals surface area contributed by atoms with Gasteiger partial charge in [0.2, 0.25) is 5.88 Å². The Morgan fingerprint density at radius 1 is 1.32 bits per heavy atom. The lowest BCUT2D eigenvalue weighted by Crippen LogP contribution is -2.39. The van der Waals surface area contributed by atoms with Crippen LogP contribution in [0.5, 0.6) is 5.88 Å². The SMILES string of the molecule is C[C@H]1COc2ncc(F)cc2[C@H]2CCCN2c2ccc3ncn(c3n2)C(=O)N1. The number of carbonyl (C=O) groups is 1. The van der Waals surface area contributed by atoms with Crippen molar-refractivity contribution in [3.8, 4) is 5.88 Å². The largest absolute Gasteiger partial charge is 0.475 e. The number of imidazole rings is 1. The van der Waals surface area contributed by atoms with E-state index in [-0.39, 0.29) is 24.7 Å². The fourth-order valence-electron chi connectivity index (χ4n) is 3.88. The number of hydrogen-bond acceptors (Lipinski definition) is 6. The first-order valence-electron chi connectivity index (χ1n) is 9.30. The molecule has 1 fully saturated rings. The highest BCUT2D eigenvalue weighted by atomic mass is 19.1. The van der Waals surface area contributed by atoms with Crippen LogP contribution in [-0.4, -0.2) is 44.7 Å². The zero-order chi connectivity index (χ0) is 19.3. The number of hydrogen-bond donors (Lipinski definition) is 1. The smallest absolute Gasteiger partial charge is 0.328 e. The first-order chi connectivity index (χ1) is 13.6. The van der Waals surface area contributed by atoms with Gasteiger partial charge in [0.05, 0.1) is 18.3 Å². The van der Waals surface area contributed by atoms with Crippen LogP contribution in [0.25, 0.3) is 11.2 Å². The highest BCUT2D eigenvalue weighted by Gasteiger charge is 2.31. The number of aromatic nitrogens is 4. The topological polar surface area (TPSA) is 85.2 Å². The minimum absolute atomic E-state index is 0.0979. The molecular weight excluding hydrogens is 363 g/mol. The van der Waals surface area contributed by atoms with Gasteiger partial charge in [0.25, 0.3) is 0 Å².